The first-order chi connectivity index (χ1) is 14.5. The van der Waals surface area contributed by atoms with E-state index >= 15 is 0 Å². The molecular formula is C19H25N5O4S2. The van der Waals surface area contributed by atoms with Crippen molar-refractivity contribution < 1.29 is 13.3 Å². The van der Waals surface area contributed by atoms with E-state index < -0.39 is 14.9 Å². The molecule has 1 saturated heterocycles. The van der Waals surface area contributed by atoms with E-state index in [2.05, 4.69) is 10.2 Å². The summed E-state index contributed by atoms with van der Waals surface area (Å²) in [5.74, 6) is 0.901. The summed E-state index contributed by atoms with van der Waals surface area (Å²) in [7, 11) is -3.75. The van der Waals surface area contributed by atoms with Crippen molar-refractivity contribution in [1.29, 1.82) is 0 Å². The number of nitro benzene ring substituents is 1. The third kappa shape index (κ3) is 4.37. The van der Waals surface area contributed by atoms with E-state index in [0.717, 1.165) is 63.7 Å². The number of rotatable bonds is 5. The molecule has 0 amide bonds. The zero-order chi connectivity index (χ0) is 21.1. The Hall–Kier alpha value is -1.98. The average Bonchev–Trinajstić information content (AvgIpc) is 2.95. The van der Waals surface area contributed by atoms with Crippen LogP contribution in [0.15, 0.2) is 33.1 Å². The number of aryl methyl sites for hydroxylation is 1. The van der Waals surface area contributed by atoms with Crippen molar-refractivity contribution in [3.63, 3.8) is 0 Å². The van der Waals surface area contributed by atoms with E-state index in [1.54, 1.807) is 0 Å². The molecule has 0 unspecified atom stereocenters. The van der Waals surface area contributed by atoms with Crippen molar-refractivity contribution in [3.8, 4) is 0 Å². The number of sulfonamides is 1. The van der Waals surface area contributed by atoms with E-state index in [-0.39, 0.29) is 10.6 Å². The molecule has 2 aliphatic heterocycles. The summed E-state index contributed by atoms with van der Waals surface area (Å²) in [6, 6.07) is 4.17. The molecule has 0 bridgehead atoms. The number of benzene rings is 1. The van der Waals surface area contributed by atoms with Crippen LogP contribution >= 0.6 is 11.8 Å². The van der Waals surface area contributed by atoms with E-state index in [4.69, 9.17) is 0 Å². The molecule has 0 atom stereocenters. The van der Waals surface area contributed by atoms with Gasteiger partial charge in [0.15, 0.2) is 5.16 Å². The minimum atomic E-state index is -3.75. The maximum Gasteiger partial charge on any atom is 0.284 e. The fourth-order valence-corrected chi connectivity index (χ4v) is 6.45. The van der Waals surface area contributed by atoms with Crippen molar-refractivity contribution in [2.24, 2.45) is 0 Å². The minimum absolute atomic E-state index is 0.0273. The third-order valence-corrected chi connectivity index (χ3v) is 8.55. The largest absolute Gasteiger partial charge is 0.306 e. The number of nitrogens with zero attached hydrogens (tertiary/aromatic N) is 5. The second-order valence-electron chi connectivity index (χ2n) is 7.67. The number of hydrogen-bond acceptors (Lipinski definition) is 7. The lowest BCUT2D eigenvalue weighted by atomic mass is 10.2. The van der Waals surface area contributed by atoms with E-state index in [1.165, 1.54) is 34.3 Å². The van der Waals surface area contributed by atoms with Crippen molar-refractivity contribution in [1.82, 2.24) is 19.1 Å². The summed E-state index contributed by atoms with van der Waals surface area (Å²) in [5, 5.41) is 20.8. The van der Waals surface area contributed by atoms with Gasteiger partial charge in [0.2, 0.25) is 10.0 Å². The Bertz CT molecular complexity index is 1030. The highest BCUT2D eigenvalue weighted by atomic mass is 32.2. The smallest absolute Gasteiger partial charge is 0.284 e. The van der Waals surface area contributed by atoms with Gasteiger partial charge in [-0.2, -0.15) is 4.31 Å². The van der Waals surface area contributed by atoms with Crippen molar-refractivity contribution in [2.45, 2.75) is 72.9 Å². The fourth-order valence-electron chi connectivity index (χ4n) is 3.95. The Kier molecular flexibility index (Phi) is 6.40. The lowest BCUT2D eigenvalue weighted by molar-refractivity contribution is -0.388. The highest BCUT2D eigenvalue weighted by Crippen LogP contribution is 2.37. The molecule has 0 spiro atoms. The number of nitro groups is 1. The minimum Gasteiger partial charge on any atom is -0.306 e. The van der Waals surface area contributed by atoms with Gasteiger partial charge in [-0.25, -0.2) is 8.42 Å². The van der Waals surface area contributed by atoms with Crippen LogP contribution in [0.25, 0.3) is 0 Å². The zero-order valence-electron chi connectivity index (χ0n) is 16.7. The van der Waals surface area contributed by atoms with E-state index in [1.807, 2.05) is 4.57 Å². The molecule has 1 aromatic carbocycles. The first-order valence-electron chi connectivity index (χ1n) is 10.4. The summed E-state index contributed by atoms with van der Waals surface area (Å²) in [6.45, 7) is 1.71. The second-order valence-corrected chi connectivity index (χ2v) is 10.6. The molecule has 2 aromatic rings. The van der Waals surface area contributed by atoms with Gasteiger partial charge in [0.1, 0.15) is 5.82 Å². The molecule has 1 aromatic heterocycles. The molecule has 0 radical (unpaired) electrons. The standard InChI is InChI=1S/C19H25N5O4S2/c25-24(26)16-14-15(30(27,28)22-11-5-1-2-6-12-22)9-10-17(16)29-19-21-20-18-8-4-3-7-13-23(18)19/h9-10,14H,1-8,11-13H2. The van der Waals surface area contributed by atoms with Crippen LogP contribution in [0, 0.1) is 10.1 Å². The van der Waals surface area contributed by atoms with Crippen LogP contribution in [0.4, 0.5) is 5.69 Å². The monoisotopic (exact) mass is 451 g/mol. The lowest BCUT2D eigenvalue weighted by Crippen LogP contribution is -2.31. The van der Waals surface area contributed by atoms with Gasteiger partial charge in [-0.15, -0.1) is 10.2 Å². The topological polar surface area (TPSA) is 111 Å². The molecule has 30 heavy (non-hydrogen) atoms. The maximum atomic E-state index is 13.0. The van der Waals surface area contributed by atoms with E-state index in [0.29, 0.717) is 23.1 Å². The molecule has 0 aliphatic carbocycles. The molecule has 162 valence electrons. The predicted octanol–water partition coefficient (Wildman–Crippen LogP) is 3.63. The lowest BCUT2D eigenvalue weighted by Gasteiger charge is -2.20. The first-order valence-corrected chi connectivity index (χ1v) is 12.6. The Labute approximate surface area is 180 Å². The Balaban J connectivity index is 1.64. The van der Waals surface area contributed by atoms with Gasteiger partial charge in [0, 0.05) is 32.1 Å². The average molecular weight is 452 g/mol. The van der Waals surface area contributed by atoms with Gasteiger partial charge in [-0.05, 0) is 49.6 Å². The molecule has 1 fully saturated rings. The van der Waals surface area contributed by atoms with Gasteiger partial charge in [-0.3, -0.25) is 10.1 Å². The highest BCUT2D eigenvalue weighted by Gasteiger charge is 2.29. The second kappa shape index (κ2) is 9.03. The number of aromatic nitrogens is 3. The molecule has 0 saturated carbocycles. The molecular weight excluding hydrogens is 426 g/mol. The summed E-state index contributed by atoms with van der Waals surface area (Å²) < 4.78 is 29.6. The predicted molar refractivity (Wildman–Crippen MR) is 112 cm³/mol. The van der Waals surface area contributed by atoms with Crippen LogP contribution in [0.5, 0.6) is 0 Å². The van der Waals surface area contributed by atoms with Crippen LogP contribution in [-0.4, -0.2) is 45.5 Å². The number of fused-ring (bicyclic) bond motifs is 1. The van der Waals surface area contributed by atoms with Crippen LogP contribution in [0.2, 0.25) is 0 Å². The first kappa shape index (κ1) is 21.3. The van der Waals surface area contributed by atoms with Crippen molar-refractivity contribution in [2.75, 3.05) is 13.1 Å². The summed E-state index contributed by atoms with van der Waals surface area (Å²) in [5.41, 5.74) is -0.220. The molecule has 9 nitrogen and oxygen atoms in total. The molecule has 11 heteroatoms. The molecule has 4 rings (SSSR count). The van der Waals surface area contributed by atoms with Gasteiger partial charge < -0.3 is 4.57 Å². The maximum absolute atomic E-state index is 13.0. The van der Waals surface area contributed by atoms with Crippen molar-refractivity contribution in [3.05, 3.63) is 34.1 Å². The Morgan fingerprint density at radius 2 is 1.67 bits per heavy atom. The van der Waals surface area contributed by atoms with Gasteiger partial charge in [0.05, 0.1) is 14.7 Å². The molecule has 2 aliphatic rings. The summed E-state index contributed by atoms with van der Waals surface area (Å²) in [4.78, 5) is 11.6. The third-order valence-electron chi connectivity index (χ3n) is 5.61. The zero-order valence-corrected chi connectivity index (χ0v) is 18.3. The Morgan fingerprint density at radius 3 is 2.40 bits per heavy atom. The Morgan fingerprint density at radius 1 is 0.967 bits per heavy atom. The highest BCUT2D eigenvalue weighted by molar-refractivity contribution is 7.99. The van der Waals surface area contributed by atoms with Crippen LogP contribution < -0.4 is 0 Å². The SMILES string of the molecule is O=[N+]([O-])c1cc(S(=O)(=O)N2CCCCCC2)ccc1Sc1nnc2n1CCCCC2. The summed E-state index contributed by atoms with van der Waals surface area (Å²) in [6.07, 6.45) is 7.69. The van der Waals surface area contributed by atoms with E-state index in [9.17, 15) is 18.5 Å². The van der Waals surface area contributed by atoms with Gasteiger partial charge >= 0.3 is 0 Å². The van der Waals surface area contributed by atoms with Crippen molar-refractivity contribution >= 4 is 27.5 Å². The summed E-state index contributed by atoms with van der Waals surface area (Å²) >= 11 is 1.17. The number of hydrogen-bond donors (Lipinski definition) is 0. The van der Waals surface area contributed by atoms with Gasteiger partial charge in [-0.1, -0.05) is 19.3 Å². The normalized spacial score (nSPS) is 18.4. The van der Waals surface area contributed by atoms with Gasteiger partial charge in [0.25, 0.3) is 5.69 Å². The van der Waals surface area contributed by atoms with Crippen LogP contribution in [0.3, 0.4) is 0 Å². The quantitative estimate of drug-likeness (QED) is 0.504. The molecule has 0 N–H and O–H groups in total. The molecule has 3 heterocycles. The van der Waals surface area contributed by atoms with Crippen LogP contribution in [-0.2, 0) is 23.0 Å². The van der Waals surface area contributed by atoms with Crippen LogP contribution in [0.1, 0.15) is 50.8 Å². The fraction of sp³-hybridized carbons (Fsp3) is 0.579.